The molecule has 2 unspecified atom stereocenters. The molecule has 3 heteroatoms. The zero-order valence-corrected chi connectivity index (χ0v) is 10.6. The van der Waals surface area contributed by atoms with Gasteiger partial charge in [0.05, 0.1) is 0 Å². The minimum Gasteiger partial charge on any atom is -0.454 e. The molecule has 1 rings (SSSR count). The Bertz CT molecular complexity index is 284. The largest absolute Gasteiger partial charge is 0.454 e. The Kier molecular flexibility index (Phi) is 5.00. The molecule has 1 aliphatic heterocycles. The SMILES string of the molecule is CCCCCC(N)CC1OC(=O)C(C)=C1C. The summed E-state index contributed by atoms with van der Waals surface area (Å²) in [4.78, 5) is 11.3. The van der Waals surface area contributed by atoms with E-state index in [1.807, 2.05) is 13.8 Å². The summed E-state index contributed by atoms with van der Waals surface area (Å²) in [6, 6.07) is 0.144. The normalized spacial score (nSPS) is 22.5. The van der Waals surface area contributed by atoms with Crippen molar-refractivity contribution in [3.63, 3.8) is 0 Å². The Morgan fingerprint density at radius 3 is 2.56 bits per heavy atom. The number of unbranched alkanes of at least 4 members (excludes halogenated alkanes) is 2. The maximum Gasteiger partial charge on any atom is 0.334 e. The van der Waals surface area contributed by atoms with Gasteiger partial charge >= 0.3 is 5.97 Å². The third kappa shape index (κ3) is 3.34. The molecule has 0 aromatic rings. The number of ether oxygens (including phenoxy) is 1. The van der Waals surface area contributed by atoms with Crippen molar-refractivity contribution in [1.29, 1.82) is 0 Å². The number of nitrogens with two attached hydrogens (primary N) is 1. The highest BCUT2D eigenvalue weighted by Crippen LogP contribution is 2.25. The van der Waals surface area contributed by atoms with Gasteiger partial charge in [0, 0.05) is 18.0 Å². The summed E-state index contributed by atoms with van der Waals surface area (Å²) in [5.74, 6) is -0.178. The number of carbonyl (C=O) groups excluding carboxylic acids is 1. The van der Waals surface area contributed by atoms with Crippen molar-refractivity contribution in [2.75, 3.05) is 0 Å². The number of cyclic esters (lactones) is 1. The van der Waals surface area contributed by atoms with Gasteiger partial charge in [0.1, 0.15) is 6.10 Å². The van der Waals surface area contributed by atoms with Crippen LogP contribution < -0.4 is 5.73 Å². The number of carbonyl (C=O) groups is 1. The first-order chi connectivity index (χ1) is 7.56. The predicted octanol–water partition coefficient (Wildman–Crippen LogP) is 2.55. The molecule has 1 heterocycles. The lowest BCUT2D eigenvalue weighted by atomic mass is 9.98. The standard InChI is InChI=1S/C13H23NO2/c1-4-5-6-7-11(14)8-12-9(2)10(3)13(15)16-12/h11-12H,4-8,14H2,1-3H3. The fraction of sp³-hybridized carbons (Fsp3) is 0.769. The van der Waals surface area contributed by atoms with Gasteiger partial charge in [-0.1, -0.05) is 26.2 Å². The number of hydrogen-bond donors (Lipinski definition) is 1. The van der Waals surface area contributed by atoms with Crippen LogP contribution in [0, 0.1) is 0 Å². The lowest BCUT2D eigenvalue weighted by molar-refractivity contribution is -0.140. The molecule has 0 saturated heterocycles. The molecule has 92 valence electrons. The molecule has 2 atom stereocenters. The van der Waals surface area contributed by atoms with Gasteiger partial charge < -0.3 is 10.5 Å². The molecule has 0 bridgehead atoms. The van der Waals surface area contributed by atoms with Gasteiger partial charge in [0.2, 0.25) is 0 Å². The van der Waals surface area contributed by atoms with E-state index < -0.39 is 0 Å². The minimum atomic E-state index is -0.178. The Hall–Kier alpha value is -0.830. The highest BCUT2D eigenvalue weighted by atomic mass is 16.5. The zero-order valence-electron chi connectivity index (χ0n) is 10.6. The number of esters is 1. The lowest BCUT2D eigenvalue weighted by Gasteiger charge is -2.17. The molecule has 3 nitrogen and oxygen atoms in total. The van der Waals surface area contributed by atoms with E-state index in [-0.39, 0.29) is 18.1 Å². The highest BCUT2D eigenvalue weighted by molar-refractivity contribution is 5.91. The summed E-state index contributed by atoms with van der Waals surface area (Å²) >= 11 is 0. The molecule has 0 aromatic carbocycles. The molecule has 1 aliphatic rings. The molecule has 0 spiro atoms. The van der Waals surface area contributed by atoms with E-state index in [4.69, 9.17) is 10.5 Å². The summed E-state index contributed by atoms with van der Waals surface area (Å²) in [7, 11) is 0. The van der Waals surface area contributed by atoms with Crippen LogP contribution in [0.5, 0.6) is 0 Å². The summed E-state index contributed by atoms with van der Waals surface area (Å²) in [5.41, 5.74) is 7.84. The molecule has 0 aliphatic carbocycles. The van der Waals surface area contributed by atoms with Crippen LogP contribution in [0.15, 0.2) is 11.1 Å². The van der Waals surface area contributed by atoms with Gasteiger partial charge in [0.25, 0.3) is 0 Å². The monoisotopic (exact) mass is 225 g/mol. The van der Waals surface area contributed by atoms with Gasteiger partial charge in [0.15, 0.2) is 0 Å². The van der Waals surface area contributed by atoms with Crippen molar-refractivity contribution in [2.45, 2.75) is 65.0 Å². The molecular formula is C13H23NO2. The Balaban J connectivity index is 2.35. The van der Waals surface area contributed by atoms with Crippen LogP contribution in [0.4, 0.5) is 0 Å². The average molecular weight is 225 g/mol. The van der Waals surface area contributed by atoms with Crippen LogP contribution in [-0.2, 0) is 9.53 Å². The van der Waals surface area contributed by atoms with E-state index >= 15 is 0 Å². The topological polar surface area (TPSA) is 52.3 Å². The van der Waals surface area contributed by atoms with E-state index in [9.17, 15) is 4.79 Å². The van der Waals surface area contributed by atoms with Crippen LogP contribution in [0.25, 0.3) is 0 Å². The fourth-order valence-electron chi connectivity index (χ4n) is 1.98. The average Bonchev–Trinajstić information content (AvgIpc) is 2.47. The quantitative estimate of drug-likeness (QED) is 0.558. The maximum absolute atomic E-state index is 11.3. The number of rotatable bonds is 6. The maximum atomic E-state index is 11.3. The van der Waals surface area contributed by atoms with Crippen molar-refractivity contribution in [2.24, 2.45) is 5.73 Å². The van der Waals surface area contributed by atoms with Gasteiger partial charge in [-0.25, -0.2) is 4.79 Å². The fourth-order valence-corrected chi connectivity index (χ4v) is 1.98. The summed E-state index contributed by atoms with van der Waals surface area (Å²) in [6.07, 6.45) is 5.31. The molecular weight excluding hydrogens is 202 g/mol. The third-order valence-electron chi connectivity index (χ3n) is 3.33. The van der Waals surface area contributed by atoms with Gasteiger partial charge in [-0.2, -0.15) is 0 Å². The first-order valence-corrected chi connectivity index (χ1v) is 6.20. The second-order valence-corrected chi connectivity index (χ2v) is 4.69. The van der Waals surface area contributed by atoms with E-state index in [0.717, 1.165) is 24.0 Å². The highest BCUT2D eigenvalue weighted by Gasteiger charge is 2.29. The zero-order chi connectivity index (χ0) is 12.1. The first-order valence-electron chi connectivity index (χ1n) is 6.20. The summed E-state index contributed by atoms with van der Waals surface area (Å²) in [5, 5.41) is 0. The minimum absolute atomic E-state index is 0.0795. The Morgan fingerprint density at radius 1 is 1.38 bits per heavy atom. The first kappa shape index (κ1) is 13.2. The van der Waals surface area contributed by atoms with Crippen molar-refractivity contribution in [3.8, 4) is 0 Å². The molecule has 16 heavy (non-hydrogen) atoms. The second-order valence-electron chi connectivity index (χ2n) is 4.69. The number of hydrogen-bond acceptors (Lipinski definition) is 3. The molecule has 0 radical (unpaired) electrons. The van der Waals surface area contributed by atoms with E-state index in [1.54, 1.807) is 0 Å². The van der Waals surface area contributed by atoms with Crippen LogP contribution in [0.3, 0.4) is 0 Å². The van der Waals surface area contributed by atoms with Crippen LogP contribution in [0.1, 0.15) is 52.9 Å². The van der Waals surface area contributed by atoms with Crippen LogP contribution in [0.2, 0.25) is 0 Å². The smallest absolute Gasteiger partial charge is 0.334 e. The van der Waals surface area contributed by atoms with Gasteiger partial charge in [-0.15, -0.1) is 0 Å². The molecule has 0 fully saturated rings. The molecule has 0 aromatic heterocycles. The van der Waals surface area contributed by atoms with E-state index in [0.29, 0.717) is 0 Å². The lowest BCUT2D eigenvalue weighted by Crippen LogP contribution is -2.27. The summed E-state index contributed by atoms with van der Waals surface area (Å²) < 4.78 is 5.27. The van der Waals surface area contributed by atoms with Gasteiger partial charge in [-0.3, -0.25) is 0 Å². The van der Waals surface area contributed by atoms with Crippen LogP contribution >= 0.6 is 0 Å². The summed E-state index contributed by atoms with van der Waals surface area (Å²) in [6.45, 7) is 5.96. The third-order valence-corrected chi connectivity index (χ3v) is 3.33. The van der Waals surface area contributed by atoms with Crippen molar-refractivity contribution < 1.29 is 9.53 Å². The molecule has 2 N–H and O–H groups in total. The Morgan fingerprint density at radius 2 is 2.06 bits per heavy atom. The Labute approximate surface area is 98.0 Å². The van der Waals surface area contributed by atoms with E-state index in [1.165, 1.54) is 19.3 Å². The van der Waals surface area contributed by atoms with Crippen molar-refractivity contribution >= 4 is 5.97 Å². The molecule has 0 amide bonds. The van der Waals surface area contributed by atoms with Crippen LogP contribution in [-0.4, -0.2) is 18.1 Å². The van der Waals surface area contributed by atoms with Gasteiger partial charge in [-0.05, 0) is 25.8 Å². The molecule has 0 saturated carbocycles. The predicted molar refractivity (Wildman–Crippen MR) is 65.0 cm³/mol. The van der Waals surface area contributed by atoms with Crippen molar-refractivity contribution in [3.05, 3.63) is 11.1 Å². The van der Waals surface area contributed by atoms with E-state index in [2.05, 4.69) is 6.92 Å². The second kappa shape index (κ2) is 6.04. The van der Waals surface area contributed by atoms with Crippen molar-refractivity contribution in [1.82, 2.24) is 0 Å².